The van der Waals surface area contributed by atoms with E-state index in [1.54, 1.807) is 13.2 Å². The second-order valence-electron chi connectivity index (χ2n) is 4.27. The van der Waals surface area contributed by atoms with Crippen LogP contribution in [0.2, 0.25) is 0 Å². The summed E-state index contributed by atoms with van der Waals surface area (Å²) < 4.78 is 10.5. The van der Waals surface area contributed by atoms with E-state index in [0.717, 1.165) is 17.9 Å². The number of carbonyl (C=O) groups excluding carboxylic acids is 1. The Hall–Kier alpha value is -2.28. The lowest BCUT2D eigenvalue weighted by molar-refractivity contribution is 0.0969. The molecule has 0 atom stereocenters. The Morgan fingerprint density at radius 3 is 3.05 bits per heavy atom. The van der Waals surface area contributed by atoms with E-state index in [0.29, 0.717) is 16.7 Å². The fraction of sp³-hybridized carbons (Fsp3) is 0.214. The van der Waals surface area contributed by atoms with Crippen LogP contribution < -0.4 is 10.1 Å². The highest BCUT2D eigenvalue weighted by atomic mass is 32.2. The number of nitrogens with zero attached hydrogens (tertiary/aromatic N) is 2. The highest BCUT2D eigenvalue weighted by molar-refractivity contribution is 8.14. The van der Waals surface area contributed by atoms with Gasteiger partial charge in [-0.25, -0.2) is 0 Å². The third-order valence-electron chi connectivity index (χ3n) is 2.92. The molecule has 0 fully saturated rings. The van der Waals surface area contributed by atoms with Crippen molar-refractivity contribution in [1.29, 1.82) is 0 Å². The Kier molecular flexibility index (Phi) is 3.92. The minimum absolute atomic E-state index is 0.214. The molecule has 1 aliphatic rings. The Morgan fingerprint density at radius 1 is 1.43 bits per heavy atom. The van der Waals surface area contributed by atoms with Crippen molar-refractivity contribution in [3.8, 4) is 17.1 Å². The van der Waals surface area contributed by atoms with E-state index in [-0.39, 0.29) is 11.6 Å². The molecule has 21 heavy (non-hydrogen) atoms. The number of amidine groups is 1. The van der Waals surface area contributed by atoms with Crippen molar-refractivity contribution >= 4 is 22.8 Å². The van der Waals surface area contributed by atoms with Crippen molar-refractivity contribution in [3.63, 3.8) is 0 Å². The van der Waals surface area contributed by atoms with Gasteiger partial charge in [0.15, 0.2) is 16.6 Å². The standard InChI is InChI=1S/C14H13N3O3S/c1-19-11-5-3-2-4-9(11)12-8-10(17-20-12)13(18)16-14-15-6-7-21-14/h2-5,8H,6-7H2,1H3,(H,15,16,18). The lowest BCUT2D eigenvalue weighted by Crippen LogP contribution is -2.27. The monoisotopic (exact) mass is 303 g/mol. The molecule has 0 spiro atoms. The highest BCUT2D eigenvalue weighted by Crippen LogP contribution is 2.29. The van der Waals surface area contributed by atoms with E-state index in [1.165, 1.54) is 11.8 Å². The molecule has 0 aliphatic carbocycles. The quantitative estimate of drug-likeness (QED) is 0.940. The number of rotatable bonds is 3. The molecule has 108 valence electrons. The van der Waals surface area contributed by atoms with Crippen molar-refractivity contribution in [1.82, 2.24) is 10.5 Å². The summed E-state index contributed by atoms with van der Waals surface area (Å²) in [5, 5.41) is 7.14. The normalized spacial score (nSPS) is 13.9. The van der Waals surface area contributed by atoms with Crippen molar-refractivity contribution in [2.75, 3.05) is 19.4 Å². The van der Waals surface area contributed by atoms with Gasteiger partial charge in [-0.05, 0) is 12.1 Å². The summed E-state index contributed by atoms with van der Waals surface area (Å²) in [6.07, 6.45) is 0. The number of aromatic nitrogens is 1. The summed E-state index contributed by atoms with van der Waals surface area (Å²) in [5.74, 6) is 1.71. The fourth-order valence-electron chi connectivity index (χ4n) is 1.93. The third kappa shape index (κ3) is 2.92. The average Bonchev–Trinajstić information content (AvgIpc) is 3.18. The molecule has 0 saturated heterocycles. The van der Waals surface area contributed by atoms with Gasteiger partial charge in [0, 0.05) is 11.8 Å². The molecule has 2 heterocycles. The predicted molar refractivity (Wildman–Crippen MR) is 80.7 cm³/mol. The fourth-order valence-corrected chi connectivity index (χ4v) is 2.65. The maximum absolute atomic E-state index is 12.0. The van der Waals surface area contributed by atoms with Gasteiger partial charge in [0.2, 0.25) is 0 Å². The zero-order valence-corrected chi connectivity index (χ0v) is 12.1. The molecule has 3 rings (SSSR count). The lowest BCUT2D eigenvalue weighted by Gasteiger charge is -2.03. The van der Waals surface area contributed by atoms with E-state index < -0.39 is 0 Å². The predicted octanol–water partition coefficient (Wildman–Crippen LogP) is 2.18. The van der Waals surface area contributed by atoms with Crippen molar-refractivity contribution < 1.29 is 14.1 Å². The topological polar surface area (TPSA) is 76.7 Å². The summed E-state index contributed by atoms with van der Waals surface area (Å²) in [5.41, 5.74) is 0.963. The van der Waals surface area contributed by atoms with Gasteiger partial charge < -0.3 is 9.26 Å². The van der Waals surface area contributed by atoms with Gasteiger partial charge in [-0.3, -0.25) is 15.1 Å². The molecule has 1 amide bonds. The molecule has 1 aliphatic heterocycles. The Labute approximate surface area is 125 Å². The summed E-state index contributed by atoms with van der Waals surface area (Å²) in [4.78, 5) is 16.2. The molecule has 0 radical (unpaired) electrons. The van der Waals surface area contributed by atoms with Crippen LogP contribution in [0.5, 0.6) is 5.75 Å². The van der Waals surface area contributed by atoms with Crippen molar-refractivity contribution in [2.45, 2.75) is 0 Å². The maximum Gasteiger partial charge on any atom is 0.279 e. The third-order valence-corrected chi connectivity index (χ3v) is 3.81. The number of thioether (sulfide) groups is 1. The molecule has 0 unspecified atom stereocenters. The number of methoxy groups -OCH3 is 1. The second kappa shape index (κ2) is 6.01. The first-order valence-electron chi connectivity index (χ1n) is 6.36. The first-order valence-corrected chi connectivity index (χ1v) is 7.35. The number of benzene rings is 1. The molecular weight excluding hydrogens is 290 g/mol. The van der Waals surface area contributed by atoms with Gasteiger partial charge in [0.1, 0.15) is 5.75 Å². The zero-order valence-electron chi connectivity index (χ0n) is 11.3. The average molecular weight is 303 g/mol. The van der Waals surface area contributed by atoms with Gasteiger partial charge >= 0.3 is 0 Å². The molecule has 0 bridgehead atoms. The van der Waals surface area contributed by atoms with E-state index >= 15 is 0 Å². The van der Waals surface area contributed by atoms with Gasteiger partial charge in [-0.2, -0.15) is 0 Å². The lowest BCUT2D eigenvalue weighted by atomic mass is 10.1. The number of nitrogens with one attached hydrogen (secondary N) is 1. The van der Waals surface area contributed by atoms with Crippen LogP contribution in [0.25, 0.3) is 11.3 Å². The number of para-hydroxylation sites is 1. The molecule has 0 saturated carbocycles. The number of hydrogen-bond donors (Lipinski definition) is 1. The minimum Gasteiger partial charge on any atom is -0.496 e. The molecule has 6 nitrogen and oxygen atoms in total. The maximum atomic E-state index is 12.0. The minimum atomic E-state index is -0.326. The number of hydrogen-bond acceptors (Lipinski definition) is 6. The number of aliphatic imine (C=N–C) groups is 1. The molecule has 1 aromatic heterocycles. The van der Waals surface area contributed by atoms with Crippen LogP contribution in [-0.4, -0.2) is 35.6 Å². The largest absolute Gasteiger partial charge is 0.496 e. The molecular formula is C14H13N3O3S. The van der Waals surface area contributed by atoms with Crippen LogP contribution >= 0.6 is 11.8 Å². The smallest absolute Gasteiger partial charge is 0.279 e. The van der Waals surface area contributed by atoms with Crippen LogP contribution in [0, 0.1) is 0 Å². The SMILES string of the molecule is COc1ccccc1-c1cc(C(=O)NC2=NCCS2)no1. The summed E-state index contributed by atoms with van der Waals surface area (Å²) in [7, 11) is 1.58. The van der Waals surface area contributed by atoms with Gasteiger partial charge in [-0.1, -0.05) is 29.1 Å². The van der Waals surface area contributed by atoms with Crippen LogP contribution in [0.4, 0.5) is 0 Å². The van der Waals surface area contributed by atoms with Crippen LogP contribution in [0.15, 0.2) is 39.8 Å². The molecule has 1 aromatic carbocycles. The van der Waals surface area contributed by atoms with Crippen molar-refractivity contribution in [2.24, 2.45) is 4.99 Å². The van der Waals surface area contributed by atoms with Gasteiger partial charge in [-0.15, -0.1) is 0 Å². The number of amides is 1. The van der Waals surface area contributed by atoms with Crippen LogP contribution in [0.3, 0.4) is 0 Å². The summed E-state index contributed by atoms with van der Waals surface area (Å²) >= 11 is 1.51. The van der Waals surface area contributed by atoms with E-state index in [4.69, 9.17) is 9.26 Å². The summed E-state index contributed by atoms with van der Waals surface area (Å²) in [6.45, 7) is 0.728. The van der Waals surface area contributed by atoms with Gasteiger partial charge in [0.25, 0.3) is 5.91 Å². The number of carbonyl (C=O) groups is 1. The molecule has 1 N–H and O–H groups in total. The van der Waals surface area contributed by atoms with E-state index in [9.17, 15) is 4.79 Å². The Morgan fingerprint density at radius 2 is 2.29 bits per heavy atom. The van der Waals surface area contributed by atoms with Crippen LogP contribution in [0.1, 0.15) is 10.5 Å². The summed E-state index contributed by atoms with van der Waals surface area (Å²) in [6, 6.07) is 8.98. The van der Waals surface area contributed by atoms with Gasteiger partial charge in [0.05, 0.1) is 19.2 Å². The first kappa shape index (κ1) is 13.7. The van der Waals surface area contributed by atoms with Crippen molar-refractivity contribution in [3.05, 3.63) is 36.0 Å². The number of ether oxygens (including phenoxy) is 1. The van der Waals surface area contributed by atoms with Crippen LogP contribution in [-0.2, 0) is 0 Å². The van der Waals surface area contributed by atoms with E-state index in [2.05, 4.69) is 15.5 Å². The molecule has 7 heteroatoms. The Bertz CT molecular complexity index is 696. The first-order chi connectivity index (χ1) is 10.3. The van der Waals surface area contributed by atoms with E-state index in [1.807, 2.05) is 24.3 Å². The Balaban J connectivity index is 1.81. The second-order valence-corrected chi connectivity index (χ2v) is 5.35. The zero-order chi connectivity index (χ0) is 14.7. The molecule has 2 aromatic rings. The highest BCUT2D eigenvalue weighted by Gasteiger charge is 2.18.